The lowest BCUT2D eigenvalue weighted by Gasteiger charge is -2.35. The maximum Gasteiger partial charge on any atom is 0.305 e. The SMILES string of the molecule is COC(=O)CCCNC(=O)CN1CCN(c2cccc(C)c2)CC1. The van der Waals surface area contributed by atoms with Crippen LogP contribution in [-0.4, -0.2) is 63.2 Å². The van der Waals surface area contributed by atoms with Crippen molar-refractivity contribution in [3.05, 3.63) is 29.8 Å². The molecule has 6 nitrogen and oxygen atoms in total. The van der Waals surface area contributed by atoms with Gasteiger partial charge in [0, 0.05) is 44.8 Å². The molecule has 1 amide bonds. The van der Waals surface area contributed by atoms with Gasteiger partial charge in [-0.3, -0.25) is 14.5 Å². The molecular formula is C18H27N3O3. The molecule has 1 aromatic carbocycles. The second-order valence-electron chi connectivity index (χ2n) is 6.13. The number of anilines is 1. The number of carbonyl (C=O) groups is 2. The summed E-state index contributed by atoms with van der Waals surface area (Å²) < 4.78 is 4.57. The molecule has 1 saturated heterocycles. The Bertz CT molecular complexity index is 554. The number of aryl methyl sites for hydroxylation is 1. The van der Waals surface area contributed by atoms with Crippen molar-refractivity contribution in [3.8, 4) is 0 Å². The highest BCUT2D eigenvalue weighted by Gasteiger charge is 2.19. The van der Waals surface area contributed by atoms with E-state index in [9.17, 15) is 9.59 Å². The molecule has 0 radical (unpaired) electrons. The molecule has 1 fully saturated rings. The Morgan fingerprint density at radius 1 is 1.21 bits per heavy atom. The first-order valence-electron chi connectivity index (χ1n) is 8.46. The molecule has 0 atom stereocenters. The zero-order valence-electron chi connectivity index (χ0n) is 14.6. The molecule has 0 aliphatic carbocycles. The number of amides is 1. The molecule has 1 heterocycles. The molecule has 0 spiro atoms. The lowest BCUT2D eigenvalue weighted by molar-refractivity contribution is -0.140. The first-order chi connectivity index (χ1) is 11.6. The Morgan fingerprint density at radius 3 is 2.62 bits per heavy atom. The molecule has 0 aromatic heterocycles. The summed E-state index contributed by atoms with van der Waals surface area (Å²) in [7, 11) is 1.37. The summed E-state index contributed by atoms with van der Waals surface area (Å²) in [5.41, 5.74) is 2.52. The lowest BCUT2D eigenvalue weighted by atomic mass is 10.2. The van der Waals surface area contributed by atoms with Crippen LogP contribution < -0.4 is 10.2 Å². The largest absolute Gasteiger partial charge is 0.469 e. The van der Waals surface area contributed by atoms with Crippen molar-refractivity contribution >= 4 is 17.6 Å². The van der Waals surface area contributed by atoms with Gasteiger partial charge >= 0.3 is 5.97 Å². The Hall–Kier alpha value is -2.08. The van der Waals surface area contributed by atoms with Crippen molar-refractivity contribution in [3.63, 3.8) is 0 Å². The smallest absolute Gasteiger partial charge is 0.305 e. The number of esters is 1. The molecule has 0 bridgehead atoms. The maximum atomic E-state index is 11.9. The third-order valence-corrected chi connectivity index (χ3v) is 4.21. The van der Waals surface area contributed by atoms with Crippen LogP contribution in [0.1, 0.15) is 18.4 Å². The lowest BCUT2D eigenvalue weighted by Crippen LogP contribution is -2.49. The van der Waals surface area contributed by atoms with E-state index in [1.807, 2.05) is 0 Å². The number of rotatable bonds is 7. The van der Waals surface area contributed by atoms with Crippen molar-refractivity contribution < 1.29 is 14.3 Å². The van der Waals surface area contributed by atoms with Gasteiger partial charge in [-0.1, -0.05) is 12.1 Å². The van der Waals surface area contributed by atoms with E-state index in [1.54, 1.807) is 0 Å². The molecule has 24 heavy (non-hydrogen) atoms. The summed E-state index contributed by atoms with van der Waals surface area (Å²) in [5.74, 6) is -0.222. The average molecular weight is 333 g/mol. The second-order valence-corrected chi connectivity index (χ2v) is 6.13. The monoisotopic (exact) mass is 333 g/mol. The quantitative estimate of drug-likeness (QED) is 0.600. The van der Waals surface area contributed by atoms with Gasteiger partial charge in [0.1, 0.15) is 0 Å². The van der Waals surface area contributed by atoms with Crippen LogP contribution in [0.4, 0.5) is 5.69 Å². The van der Waals surface area contributed by atoms with E-state index in [-0.39, 0.29) is 11.9 Å². The van der Waals surface area contributed by atoms with E-state index in [2.05, 4.69) is 51.0 Å². The molecule has 1 N–H and O–H groups in total. The summed E-state index contributed by atoms with van der Waals surface area (Å²) in [6, 6.07) is 8.52. The van der Waals surface area contributed by atoms with Crippen LogP contribution in [0.15, 0.2) is 24.3 Å². The number of methoxy groups -OCH3 is 1. The Kier molecular flexibility index (Phi) is 7.06. The predicted octanol–water partition coefficient (Wildman–Crippen LogP) is 1.19. The highest BCUT2D eigenvalue weighted by Crippen LogP contribution is 2.17. The number of piperazine rings is 1. The van der Waals surface area contributed by atoms with E-state index in [4.69, 9.17) is 0 Å². The number of carbonyl (C=O) groups excluding carboxylic acids is 2. The van der Waals surface area contributed by atoms with Crippen molar-refractivity contribution in [1.29, 1.82) is 0 Å². The zero-order valence-corrected chi connectivity index (χ0v) is 14.6. The highest BCUT2D eigenvalue weighted by molar-refractivity contribution is 5.78. The summed E-state index contributed by atoms with van der Waals surface area (Å²) in [6.45, 7) is 6.65. The van der Waals surface area contributed by atoms with Crippen LogP contribution >= 0.6 is 0 Å². The molecule has 6 heteroatoms. The highest BCUT2D eigenvalue weighted by atomic mass is 16.5. The summed E-state index contributed by atoms with van der Waals surface area (Å²) >= 11 is 0. The van der Waals surface area contributed by atoms with E-state index >= 15 is 0 Å². The fraction of sp³-hybridized carbons (Fsp3) is 0.556. The molecule has 1 aliphatic heterocycles. The minimum Gasteiger partial charge on any atom is -0.469 e. The van der Waals surface area contributed by atoms with E-state index < -0.39 is 0 Å². The van der Waals surface area contributed by atoms with Crippen molar-refractivity contribution in [2.75, 3.05) is 51.3 Å². The van der Waals surface area contributed by atoms with Crippen LogP contribution in [0.3, 0.4) is 0 Å². The van der Waals surface area contributed by atoms with Crippen LogP contribution in [0.5, 0.6) is 0 Å². The fourth-order valence-corrected chi connectivity index (χ4v) is 2.81. The third kappa shape index (κ3) is 5.85. The topological polar surface area (TPSA) is 61.9 Å². The second kappa shape index (κ2) is 9.27. The maximum absolute atomic E-state index is 11.9. The van der Waals surface area contributed by atoms with Gasteiger partial charge in [0.15, 0.2) is 0 Å². The molecule has 0 saturated carbocycles. The number of ether oxygens (including phenoxy) is 1. The molecule has 2 rings (SSSR count). The Labute approximate surface area is 143 Å². The van der Waals surface area contributed by atoms with Crippen LogP contribution in [0.2, 0.25) is 0 Å². The minimum atomic E-state index is -0.239. The molecule has 132 valence electrons. The third-order valence-electron chi connectivity index (χ3n) is 4.21. The van der Waals surface area contributed by atoms with Gasteiger partial charge in [-0.25, -0.2) is 0 Å². The Morgan fingerprint density at radius 2 is 1.96 bits per heavy atom. The predicted molar refractivity (Wildman–Crippen MR) is 94.1 cm³/mol. The number of nitrogens with one attached hydrogen (secondary N) is 1. The minimum absolute atomic E-state index is 0.0175. The van der Waals surface area contributed by atoms with E-state index in [0.717, 1.165) is 26.2 Å². The van der Waals surface area contributed by atoms with Gasteiger partial charge in [0.25, 0.3) is 0 Å². The van der Waals surface area contributed by atoms with Crippen molar-refractivity contribution in [2.45, 2.75) is 19.8 Å². The fourth-order valence-electron chi connectivity index (χ4n) is 2.81. The van der Waals surface area contributed by atoms with Gasteiger partial charge < -0.3 is 15.0 Å². The average Bonchev–Trinajstić information content (AvgIpc) is 2.59. The van der Waals surface area contributed by atoms with Crippen LogP contribution in [0.25, 0.3) is 0 Å². The standard InChI is InChI=1S/C18H27N3O3/c1-15-5-3-6-16(13-15)21-11-9-20(10-12-21)14-17(22)19-8-4-7-18(23)24-2/h3,5-6,13H,4,7-12,14H2,1-2H3,(H,19,22). The molecule has 0 unspecified atom stereocenters. The number of hydrogen-bond donors (Lipinski definition) is 1. The summed E-state index contributed by atoms with van der Waals surface area (Å²) in [4.78, 5) is 27.5. The molecule has 1 aromatic rings. The van der Waals surface area contributed by atoms with Crippen LogP contribution in [-0.2, 0) is 14.3 Å². The van der Waals surface area contributed by atoms with Gasteiger partial charge in [-0.15, -0.1) is 0 Å². The normalized spacial score (nSPS) is 15.2. The summed E-state index contributed by atoms with van der Waals surface area (Å²) in [6.07, 6.45) is 0.950. The number of nitrogens with zero attached hydrogens (tertiary/aromatic N) is 2. The van der Waals surface area contributed by atoms with Crippen molar-refractivity contribution in [1.82, 2.24) is 10.2 Å². The van der Waals surface area contributed by atoms with Crippen molar-refractivity contribution in [2.24, 2.45) is 0 Å². The van der Waals surface area contributed by atoms with E-state index in [1.165, 1.54) is 18.4 Å². The number of hydrogen-bond acceptors (Lipinski definition) is 5. The molecule has 1 aliphatic rings. The zero-order chi connectivity index (χ0) is 17.4. The summed E-state index contributed by atoms with van der Waals surface area (Å²) in [5, 5.41) is 2.86. The first-order valence-corrected chi connectivity index (χ1v) is 8.46. The van der Waals surface area contributed by atoms with Gasteiger partial charge in [-0.05, 0) is 31.0 Å². The van der Waals surface area contributed by atoms with Gasteiger partial charge in [0.05, 0.1) is 13.7 Å². The van der Waals surface area contributed by atoms with Crippen LogP contribution in [0, 0.1) is 6.92 Å². The number of benzene rings is 1. The Balaban J connectivity index is 1.65. The van der Waals surface area contributed by atoms with Gasteiger partial charge in [-0.2, -0.15) is 0 Å². The first kappa shape index (κ1) is 18.3. The van der Waals surface area contributed by atoms with Gasteiger partial charge in [0.2, 0.25) is 5.91 Å². The van der Waals surface area contributed by atoms with E-state index in [0.29, 0.717) is 25.9 Å². The molecular weight excluding hydrogens is 306 g/mol.